The first-order valence-corrected chi connectivity index (χ1v) is 1.35. The van der Waals surface area contributed by atoms with Crippen molar-refractivity contribution in [3.05, 3.63) is 0 Å². The van der Waals surface area contributed by atoms with Gasteiger partial charge in [-0.2, -0.15) is 0 Å². The van der Waals surface area contributed by atoms with Crippen molar-refractivity contribution in [2.75, 3.05) is 0 Å². The Balaban J connectivity index is 2.30. The highest BCUT2D eigenvalue weighted by Gasteiger charge is 1.56. The molecule has 0 amide bonds. The fraction of sp³-hybridized carbons (Fsp3) is 0. The van der Waals surface area contributed by atoms with Crippen LogP contribution in [-0.4, -0.2) is 4.55 Å². The van der Waals surface area contributed by atoms with Crippen LogP contribution in [0.5, 0.6) is 0 Å². The van der Waals surface area contributed by atoms with Crippen molar-refractivity contribution in [2.45, 2.75) is 0 Å². The Kier molecular flexibility index (Phi) is 2.84. The fourth-order valence-electron chi connectivity index (χ4n) is 0. The number of hydrogen-bond acceptors (Lipinski definition) is 3. The summed E-state index contributed by atoms with van der Waals surface area (Å²) in [5.74, 6) is 0. The molecule has 4 heteroatoms. The Bertz CT molecular complexity index is 20.0. The van der Waals surface area contributed by atoms with E-state index in [4.69, 9.17) is 4.55 Å². The monoisotopic (exact) mass is 79.0 g/mol. The van der Waals surface area contributed by atoms with Crippen LogP contribution in [0.25, 0.3) is 0 Å². The molecule has 24 valence electrons. The van der Waals surface area contributed by atoms with Crippen LogP contribution >= 0.6 is 12.2 Å². The van der Waals surface area contributed by atoms with E-state index in [9.17, 15) is 0 Å². The van der Waals surface area contributed by atoms with Gasteiger partial charge in [-0.3, -0.25) is 0 Å². The van der Waals surface area contributed by atoms with Gasteiger partial charge in [0, 0.05) is 0 Å². The molecule has 0 radical (unpaired) electrons. The summed E-state index contributed by atoms with van der Waals surface area (Å²) in [5, 5.41) is 0. The van der Waals surface area contributed by atoms with Crippen molar-refractivity contribution in [3.63, 3.8) is 0 Å². The van der Waals surface area contributed by atoms with E-state index in [0.29, 0.717) is 0 Å². The van der Waals surface area contributed by atoms with Gasteiger partial charge in [-0.05, 0) is 0 Å². The number of rotatable bonds is 1. The highest BCUT2D eigenvalue weighted by molar-refractivity contribution is 7.92. The summed E-state index contributed by atoms with van der Waals surface area (Å²) in [6.45, 7) is 0. The Morgan fingerprint density at radius 3 is 2.25 bits per heavy atom. The lowest BCUT2D eigenvalue weighted by molar-refractivity contribution is -0.201. The Morgan fingerprint density at radius 1 is 2.00 bits per heavy atom. The lowest BCUT2D eigenvalue weighted by atomic mass is 13.3. The topological polar surface area (TPSA) is 58.2 Å². The molecular formula is H3N2OS+. The molecule has 0 spiro atoms. The molecule has 3 nitrogen and oxygen atoms in total. The van der Waals surface area contributed by atoms with Crippen molar-refractivity contribution in [3.8, 4) is 0 Å². The molecule has 0 aliphatic rings. The van der Waals surface area contributed by atoms with Crippen molar-refractivity contribution in [1.29, 1.82) is 0 Å². The number of nitrogens with zero attached hydrogens (tertiary/aromatic N) is 1. The van der Waals surface area contributed by atoms with E-state index in [2.05, 4.69) is 10.1 Å². The van der Waals surface area contributed by atoms with Gasteiger partial charge in [-0.15, -0.1) is 5.53 Å². The van der Waals surface area contributed by atoms with Gasteiger partial charge in [0.05, 0.1) is 4.52 Å². The summed E-state index contributed by atoms with van der Waals surface area (Å²) in [7, 11) is 0. The molecule has 0 aliphatic carbocycles. The second-order valence-electron chi connectivity index (χ2n) is 0.187. The van der Waals surface area contributed by atoms with E-state index in [1.807, 2.05) is 0 Å². The standard InChI is InChI=1S/H2N2OS/c1-2-4-3/h1,3H/p+1. The smallest absolute Gasteiger partial charge is 0.203 e. The lowest BCUT2D eigenvalue weighted by Gasteiger charge is -1.49. The van der Waals surface area contributed by atoms with Crippen LogP contribution in [0.4, 0.5) is 0 Å². The predicted molar refractivity (Wildman–Crippen MR) is 14.6 cm³/mol. The second kappa shape index (κ2) is 2.91. The molecule has 0 heterocycles. The fourth-order valence-corrected chi connectivity index (χ4v) is 0. The molecule has 0 saturated carbocycles. The van der Waals surface area contributed by atoms with Crippen LogP contribution in [0.3, 0.4) is 0 Å². The molecule has 0 aromatic rings. The summed E-state index contributed by atoms with van der Waals surface area (Å²) in [6.07, 6.45) is 0. The number of hydrogen-bond donors (Lipinski definition) is 2. The SMILES string of the molecule is [NH2+]=NSO. The largest absolute Gasteiger partial charge is 0.307 e. The van der Waals surface area contributed by atoms with Crippen molar-refractivity contribution >= 4 is 12.2 Å². The zero-order valence-corrected chi connectivity index (χ0v) is 2.70. The Hall–Kier alpha value is -0.0900. The number of nitrogens with two attached hydrogens (primary N) is 1. The first-order chi connectivity index (χ1) is 1.91. The van der Waals surface area contributed by atoms with Crippen LogP contribution < -0.4 is 5.53 Å². The minimum atomic E-state index is 0.259. The third-order valence-electron chi connectivity index (χ3n) is 0.0471. The maximum atomic E-state index is 7.50. The van der Waals surface area contributed by atoms with Gasteiger partial charge in [0.1, 0.15) is 0 Å². The van der Waals surface area contributed by atoms with E-state index in [1.54, 1.807) is 0 Å². The first kappa shape index (κ1) is 3.91. The molecule has 0 aromatic heterocycles. The molecule has 0 saturated heterocycles. The second-order valence-corrected chi connectivity index (χ2v) is 0.561. The molecule has 0 aromatic carbocycles. The molecule has 0 atom stereocenters. The van der Waals surface area contributed by atoms with Crippen LogP contribution in [0, 0.1) is 0 Å². The molecule has 3 N–H and O–H groups in total. The van der Waals surface area contributed by atoms with Gasteiger partial charge >= 0.3 is 0 Å². The van der Waals surface area contributed by atoms with E-state index >= 15 is 0 Å². The van der Waals surface area contributed by atoms with Crippen molar-refractivity contribution in [2.24, 2.45) is 4.52 Å². The van der Waals surface area contributed by atoms with Gasteiger partial charge < -0.3 is 4.55 Å². The van der Waals surface area contributed by atoms with Gasteiger partial charge in [0.15, 0.2) is 0 Å². The zero-order valence-electron chi connectivity index (χ0n) is 1.88. The summed E-state index contributed by atoms with van der Waals surface area (Å²) in [6, 6.07) is 0. The summed E-state index contributed by atoms with van der Waals surface area (Å²) in [5.41, 5.74) is 4.37. The molecule has 0 fully saturated rings. The summed E-state index contributed by atoms with van der Waals surface area (Å²) < 4.78 is 10.2. The summed E-state index contributed by atoms with van der Waals surface area (Å²) >= 11 is 0.259. The lowest BCUT2D eigenvalue weighted by Crippen LogP contribution is -2.20. The first-order valence-electron chi connectivity index (χ1n) is 0.623. The molecule has 0 rings (SSSR count). The molecular weight excluding hydrogens is 76.1 g/mol. The van der Waals surface area contributed by atoms with Crippen LogP contribution in [-0.2, 0) is 0 Å². The normalized spacial score (nSPS) is 6.25. The van der Waals surface area contributed by atoms with Crippen LogP contribution in [0.15, 0.2) is 4.52 Å². The average molecular weight is 79.1 g/mol. The Labute approximate surface area is 27.9 Å². The van der Waals surface area contributed by atoms with E-state index < -0.39 is 0 Å². The molecule has 0 unspecified atom stereocenters. The molecule has 4 heavy (non-hydrogen) atoms. The molecule has 0 aliphatic heterocycles. The summed E-state index contributed by atoms with van der Waals surface area (Å²) in [4.78, 5) is 0. The van der Waals surface area contributed by atoms with E-state index in [0.717, 1.165) is 0 Å². The third kappa shape index (κ3) is 1.91. The van der Waals surface area contributed by atoms with Crippen molar-refractivity contribution in [1.82, 2.24) is 0 Å². The van der Waals surface area contributed by atoms with E-state index in [1.165, 1.54) is 0 Å². The van der Waals surface area contributed by atoms with Crippen LogP contribution in [0.2, 0.25) is 0 Å². The zero-order chi connectivity index (χ0) is 3.41. The van der Waals surface area contributed by atoms with Gasteiger partial charge in [-0.1, -0.05) is 0 Å². The predicted octanol–water partition coefficient (Wildman–Crippen LogP) is -0.681. The van der Waals surface area contributed by atoms with Gasteiger partial charge in [0.2, 0.25) is 12.2 Å². The molecule has 0 bridgehead atoms. The minimum Gasteiger partial charge on any atom is -0.307 e. The van der Waals surface area contributed by atoms with Crippen molar-refractivity contribution < 1.29 is 10.1 Å². The third-order valence-corrected chi connectivity index (χ3v) is 0.141. The van der Waals surface area contributed by atoms with E-state index in [-0.39, 0.29) is 12.2 Å². The van der Waals surface area contributed by atoms with Crippen LogP contribution in [0.1, 0.15) is 0 Å². The van der Waals surface area contributed by atoms with Gasteiger partial charge in [-0.25, -0.2) is 0 Å². The highest BCUT2D eigenvalue weighted by atomic mass is 32.2. The highest BCUT2D eigenvalue weighted by Crippen LogP contribution is 1.80. The van der Waals surface area contributed by atoms with Gasteiger partial charge in [0.25, 0.3) is 0 Å². The Morgan fingerprint density at radius 2 is 2.25 bits per heavy atom. The maximum Gasteiger partial charge on any atom is 0.203 e. The maximum absolute atomic E-state index is 7.50. The minimum absolute atomic E-state index is 0.259. The average Bonchev–Trinajstić information content (AvgIpc) is 1.37. The quantitative estimate of drug-likeness (QED) is 0.248.